The summed E-state index contributed by atoms with van der Waals surface area (Å²) < 4.78 is 0. The van der Waals surface area contributed by atoms with Crippen LogP contribution < -0.4 is 0 Å². The van der Waals surface area contributed by atoms with Crippen LogP contribution in [0.5, 0.6) is 0 Å². The van der Waals surface area contributed by atoms with Gasteiger partial charge in [-0.1, -0.05) is 96.1 Å². The number of aryl methyl sites for hydroxylation is 6. The normalized spacial score (nSPS) is 12.8. The minimum absolute atomic E-state index is 0.240. The lowest BCUT2D eigenvalue weighted by molar-refractivity contribution is 0.391. The minimum Gasteiger partial charge on any atom is -0.511 e. The zero-order chi connectivity index (χ0) is 29.0. The predicted octanol–water partition coefficient (Wildman–Crippen LogP) is 10.1. The van der Waals surface area contributed by atoms with Gasteiger partial charge >= 0.3 is 0 Å². The summed E-state index contributed by atoms with van der Waals surface area (Å²) in [4.78, 5) is 10.3. The number of hydrogen-bond acceptors (Lipinski definition) is 3. The second kappa shape index (κ2) is 12.3. The molecule has 0 radical (unpaired) electrons. The van der Waals surface area contributed by atoms with Gasteiger partial charge in [0.15, 0.2) is 0 Å². The number of nitrogens with zero attached hydrogens (tertiary/aromatic N) is 2. The first-order chi connectivity index (χ1) is 19.1. The maximum atomic E-state index is 12.3. The topological polar surface area (TPSA) is 45.0 Å². The Bertz CT molecular complexity index is 1450. The van der Waals surface area contributed by atoms with E-state index in [1.165, 1.54) is 11.1 Å². The fourth-order valence-corrected chi connectivity index (χ4v) is 5.69. The zero-order valence-electron chi connectivity index (χ0n) is 25.0. The minimum atomic E-state index is -0.518. The zero-order valence-corrected chi connectivity index (χ0v) is 25.0. The van der Waals surface area contributed by atoms with E-state index in [2.05, 4.69) is 65.8 Å². The van der Waals surface area contributed by atoms with Crippen LogP contribution in [0.4, 0.5) is 11.4 Å². The van der Waals surface area contributed by atoms with Crippen LogP contribution in [-0.2, 0) is 0 Å². The summed E-state index contributed by atoms with van der Waals surface area (Å²) in [6.07, 6.45) is 0. The van der Waals surface area contributed by atoms with E-state index in [1.54, 1.807) is 0 Å². The summed E-state index contributed by atoms with van der Waals surface area (Å²) in [5.74, 6) is -0.277. The van der Waals surface area contributed by atoms with Crippen molar-refractivity contribution in [2.75, 3.05) is 0 Å². The lowest BCUT2D eigenvalue weighted by atomic mass is 9.87. The average molecular weight is 529 g/mol. The van der Waals surface area contributed by atoms with Crippen molar-refractivity contribution >= 4 is 28.4 Å². The van der Waals surface area contributed by atoms with E-state index < -0.39 is 5.92 Å². The molecular weight excluding hydrogens is 488 g/mol. The maximum absolute atomic E-state index is 12.3. The Hall–Kier alpha value is -4.24. The summed E-state index contributed by atoms with van der Waals surface area (Å²) >= 11 is 0. The van der Waals surface area contributed by atoms with Gasteiger partial charge in [0.1, 0.15) is 5.76 Å². The smallest absolute Gasteiger partial charge is 0.115 e. The Balaban J connectivity index is 2.01. The van der Waals surface area contributed by atoms with Gasteiger partial charge in [-0.15, -0.1) is 0 Å². The van der Waals surface area contributed by atoms with Gasteiger partial charge in [0.25, 0.3) is 0 Å². The van der Waals surface area contributed by atoms with Gasteiger partial charge in [0.05, 0.1) is 17.3 Å². The highest BCUT2D eigenvalue weighted by Crippen LogP contribution is 2.34. The fourth-order valence-electron chi connectivity index (χ4n) is 5.69. The first kappa shape index (κ1) is 28.8. The molecule has 0 aliphatic carbocycles. The molecule has 1 N–H and O–H groups in total. The van der Waals surface area contributed by atoms with Crippen LogP contribution in [0.15, 0.2) is 101 Å². The molecule has 0 heterocycles. The Morgan fingerprint density at radius 1 is 0.550 bits per heavy atom. The van der Waals surface area contributed by atoms with Crippen molar-refractivity contribution in [2.45, 2.75) is 55.4 Å². The standard InChI is InChI=1S/C37H40N2O/c1-23-19-25(3)35(26(4)20-23)38-29(7)33(30(8)39-36-27(5)21-24(2)22-28(36)6)37(40)34(31-15-11-9-12-16-31)32-17-13-10-14-18-32/h9-22,33,40H,1-8H3. The monoisotopic (exact) mass is 528 g/mol. The molecule has 40 heavy (non-hydrogen) atoms. The van der Waals surface area contributed by atoms with E-state index >= 15 is 0 Å². The molecule has 4 aromatic rings. The lowest BCUT2D eigenvalue weighted by Gasteiger charge is -2.22. The largest absolute Gasteiger partial charge is 0.511 e. The molecule has 0 bridgehead atoms. The summed E-state index contributed by atoms with van der Waals surface area (Å²) in [5, 5.41) is 12.3. The van der Waals surface area contributed by atoms with Gasteiger partial charge in [-0.3, -0.25) is 9.98 Å². The van der Waals surface area contributed by atoms with Gasteiger partial charge in [0, 0.05) is 17.0 Å². The van der Waals surface area contributed by atoms with Gasteiger partial charge in [-0.05, 0) is 88.8 Å². The van der Waals surface area contributed by atoms with Crippen LogP contribution in [0.25, 0.3) is 5.57 Å². The number of benzene rings is 4. The lowest BCUT2D eigenvalue weighted by Crippen LogP contribution is -2.24. The highest BCUT2D eigenvalue weighted by atomic mass is 16.3. The molecule has 0 aliphatic rings. The third kappa shape index (κ3) is 6.31. The van der Waals surface area contributed by atoms with E-state index in [-0.39, 0.29) is 5.76 Å². The Morgan fingerprint density at radius 2 is 0.875 bits per heavy atom. The first-order valence-corrected chi connectivity index (χ1v) is 13.9. The Morgan fingerprint density at radius 3 is 1.20 bits per heavy atom. The summed E-state index contributed by atoms with van der Waals surface area (Å²) in [5.41, 5.74) is 13.0. The number of rotatable bonds is 7. The number of hydrogen-bond donors (Lipinski definition) is 1. The maximum Gasteiger partial charge on any atom is 0.115 e. The number of aliphatic hydroxyl groups is 1. The van der Waals surface area contributed by atoms with Crippen molar-refractivity contribution in [3.05, 3.63) is 135 Å². The quantitative estimate of drug-likeness (QED) is 0.188. The van der Waals surface area contributed by atoms with Crippen molar-refractivity contribution in [3.63, 3.8) is 0 Å². The summed E-state index contributed by atoms with van der Waals surface area (Å²) in [7, 11) is 0. The molecule has 3 nitrogen and oxygen atoms in total. The van der Waals surface area contributed by atoms with Crippen LogP contribution >= 0.6 is 0 Å². The fraction of sp³-hybridized carbons (Fsp3) is 0.243. The molecule has 0 saturated carbocycles. The molecular formula is C37H40N2O. The SMILES string of the molecule is CC(=Nc1c(C)cc(C)cc1C)C(C(C)=Nc1c(C)cc(C)cc1C)C(O)=C(c1ccccc1)c1ccccc1. The van der Waals surface area contributed by atoms with Crippen molar-refractivity contribution in [3.8, 4) is 0 Å². The van der Waals surface area contributed by atoms with Crippen molar-refractivity contribution in [1.82, 2.24) is 0 Å². The first-order valence-electron chi connectivity index (χ1n) is 13.9. The molecule has 0 aliphatic heterocycles. The summed E-state index contributed by atoms with van der Waals surface area (Å²) in [6.45, 7) is 16.6. The molecule has 4 aromatic carbocycles. The average Bonchev–Trinajstić information content (AvgIpc) is 2.90. The van der Waals surface area contributed by atoms with Gasteiger partial charge in [-0.25, -0.2) is 0 Å². The van der Waals surface area contributed by atoms with E-state index in [4.69, 9.17) is 9.98 Å². The molecule has 4 rings (SSSR count). The van der Waals surface area contributed by atoms with E-state index in [0.717, 1.165) is 61.8 Å². The molecule has 0 saturated heterocycles. The Labute approximate surface area is 239 Å². The van der Waals surface area contributed by atoms with Crippen LogP contribution in [0.1, 0.15) is 58.4 Å². The number of aliphatic hydroxyl groups excluding tert-OH is 1. The van der Waals surface area contributed by atoms with Crippen molar-refractivity contribution < 1.29 is 5.11 Å². The molecule has 204 valence electrons. The Kier molecular flexibility index (Phi) is 8.84. The molecule has 0 atom stereocenters. The van der Waals surface area contributed by atoms with Gasteiger partial charge < -0.3 is 5.11 Å². The van der Waals surface area contributed by atoms with Gasteiger partial charge in [0.2, 0.25) is 0 Å². The number of aliphatic imine (C=N–C) groups is 2. The second-order valence-electron chi connectivity index (χ2n) is 10.9. The van der Waals surface area contributed by atoms with E-state index in [0.29, 0.717) is 0 Å². The predicted molar refractivity (Wildman–Crippen MR) is 172 cm³/mol. The number of allylic oxidation sites excluding steroid dienone is 1. The van der Waals surface area contributed by atoms with Crippen molar-refractivity contribution in [1.29, 1.82) is 0 Å². The highest BCUT2D eigenvalue weighted by Gasteiger charge is 2.26. The van der Waals surface area contributed by atoms with Crippen LogP contribution in [0.2, 0.25) is 0 Å². The van der Waals surface area contributed by atoms with Crippen LogP contribution in [0, 0.1) is 47.5 Å². The van der Waals surface area contributed by atoms with Gasteiger partial charge in [-0.2, -0.15) is 0 Å². The molecule has 0 unspecified atom stereocenters. The third-order valence-corrected chi connectivity index (χ3v) is 7.34. The molecule has 0 fully saturated rings. The second-order valence-corrected chi connectivity index (χ2v) is 10.9. The molecule has 0 aromatic heterocycles. The van der Waals surface area contributed by atoms with Crippen LogP contribution in [-0.4, -0.2) is 16.5 Å². The highest BCUT2D eigenvalue weighted by molar-refractivity contribution is 6.11. The van der Waals surface area contributed by atoms with Crippen molar-refractivity contribution in [2.24, 2.45) is 15.9 Å². The molecule has 0 spiro atoms. The molecule has 3 heteroatoms. The van der Waals surface area contributed by atoms with E-state index in [9.17, 15) is 5.11 Å². The summed E-state index contributed by atoms with van der Waals surface area (Å²) in [6, 6.07) is 28.8. The molecule has 0 amide bonds. The van der Waals surface area contributed by atoms with Crippen LogP contribution in [0.3, 0.4) is 0 Å². The third-order valence-electron chi connectivity index (χ3n) is 7.34. The van der Waals surface area contributed by atoms with E-state index in [1.807, 2.05) is 74.5 Å².